The van der Waals surface area contributed by atoms with Crippen LogP contribution >= 0.6 is 11.6 Å². The van der Waals surface area contributed by atoms with Gasteiger partial charge in [-0.1, -0.05) is 41.4 Å². The third-order valence-electron chi connectivity index (χ3n) is 2.42. The summed E-state index contributed by atoms with van der Waals surface area (Å²) in [5.41, 5.74) is 2.74. The lowest BCUT2D eigenvalue weighted by Gasteiger charge is -2.11. The van der Waals surface area contributed by atoms with Crippen LogP contribution < -0.4 is 0 Å². The summed E-state index contributed by atoms with van der Waals surface area (Å²) in [6.07, 6.45) is 0.942. The zero-order valence-electron chi connectivity index (χ0n) is 8.89. The third kappa shape index (κ3) is 2.40. The average molecular weight is 234 g/mol. The van der Waals surface area contributed by atoms with E-state index in [0.29, 0.717) is 5.15 Å². The number of pyridine rings is 1. The van der Waals surface area contributed by atoms with Crippen molar-refractivity contribution in [2.75, 3.05) is 0 Å². The van der Waals surface area contributed by atoms with Gasteiger partial charge in [0.1, 0.15) is 11.3 Å². The maximum atomic E-state index is 10.2. The third-order valence-corrected chi connectivity index (χ3v) is 2.63. The van der Waals surface area contributed by atoms with Gasteiger partial charge >= 0.3 is 0 Å². The molecule has 1 unspecified atom stereocenters. The van der Waals surface area contributed by atoms with Crippen LogP contribution in [0.15, 0.2) is 42.6 Å². The smallest absolute Gasteiger partial charge is 0.129 e. The van der Waals surface area contributed by atoms with Gasteiger partial charge in [0.25, 0.3) is 0 Å². The number of nitrogens with zero attached hydrogens (tertiary/aromatic N) is 1. The van der Waals surface area contributed by atoms with E-state index in [-0.39, 0.29) is 0 Å². The predicted molar refractivity (Wildman–Crippen MR) is 64.5 cm³/mol. The van der Waals surface area contributed by atoms with Gasteiger partial charge < -0.3 is 5.11 Å². The molecule has 1 aromatic carbocycles. The molecule has 2 nitrogen and oxygen atoms in total. The minimum absolute atomic E-state index is 0.393. The van der Waals surface area contributed by atoms with E-state index in [1.165, 1.54) is 0 Å². The Hall–Kier alpha value is -1.38. The number of aliphatic hydroxyl groups is 1. The second-order valence-corrected chi connectivity index (χ2v) is 4.12. The van der Waals surface area contributed by atoms with Gasteiger partial charge in [-0.15, -0.1) is 0 Å². The second kappa shape index (κ2) is 4.64. The molecule has 1 N–H and O–H groups in total. The van der Waals surface area contributed by atoms with Crippen molar-refractivity contribution in [3.8, 4) is 0 Å². The Bertz CT molecular complexity index is 453. The van der Waals surface area contributed by atoms with E-state index < -0.39 is 6.10 Å². The largest absolute Gasteiger partial charge is 0.384 e. The molecule has 0 aliphatic rings. The van der Waals surface area contributed by atoms with E-state index in [2.05, 4.69) is 4.98 Å². The second-order valence-electron chi connectivity index (χ2n) is 3.73. The summed E-state index contributed by atoms with van der Waals surface area (Å²) < 4.78 is 0. The van der Waals surface area contributed by atoms with Crippen LogP contribution in [-0.4, -0.2) is 10.1 Å². The van der Waals surface area contributed by atoms with Gasteiger partial charge in [0.2, 0.25) is 0 Å². The topological polar surface area (TPSA) is 33.1 Å². The summed E-state index contributed by atoms with van der Waals surface area (Å²) >= 11 is 5.79. The lowest BCUT2D eigenvalue weighted by molar-refractivity contribution is 0.220. The van der Waals surface area contributed by atoms with E-state index in [4.69, 9.17) is 11.6 Å². The van der Waals surface area contributed by atoms with E-state index >= 15 is 0 Å². The first kappa shape index (κ1) is 11.1. The van der Waals surface area contributed by atoms with E-state index in [1.807, 2.05) is 31.2 Å². The van der Waals surface area contributed by atoms with Gasteiger partial charge in [0.05, 0.1) is 0 Å². The Balaban J connectivity index is 2.35. The highest BCUT2D eigenvalue weighted by molar-refractivity contribution is 6.29. The molecule has 0 aliphatic carbocycles. The van der Waals surface area contributed by atoms with Crippen LogP contribution in [0.4, 0.5) is 0 Å². The standard InChI is InChI=1S/C13H12ClNO/c1-9-3-2-4-10(7-9)13(16)11-5-6-15-12(14)8-11/h2-8,13,16H,1H3. The molecule has 0 amide bonds. The fourth-order valence-electron chi connectivity index (χ4n) is 1.62. The highest BCUT2D eigenvalue weighted by atomic mass is 35.5. The van der Waals surface area contributed by atoms with Gasteiger partial charge in [0, 0.05) is 6.20 Å². The average Bonchev–Trinajstić information content (AvgIpc) is 2.28. The molecule has 1 atom stereocenters. The first-order chi connectivity index (χ1) is 7.66. The molecule has 0 bridgehead atoms. The number of hydrogen-bond acceptors (Lipinski definition) is 2. The number of aryl methyl sites for hydroxylation is 1. The molecule has 0 fully saturated rings. The molecule has 0 saturated carbocycles. The Kier molecular flexibility index (Phi) is 3.22. The minimum Gasteiger partial charge on any atom is -0.384 e. The van der Waals surface area contributed by atoms with Crippen LogP contribution in [0.5, 0.6) is 0 Å². The summed E-state index contributed by atoms with van der Waals surface area (Å²) in [6, 6.07) is 11.2. The molecular formula is C13H12ClNO. The van der Waals surface area contributed by atoms with Crippen LogP contribution in [0.25, 0.3) is 0 Å². The van der Waals surface area contributed by atoms with Crippen molar-refractivity contribution in [2.45, 2.75) is 13.0 Å². The molecule has 16 heavy (non-hydrogen) atoms. The lowest BCUT2D eigenvalue weighted by Crippen LogP contribution is -2.00. The van der Waals surface area contributed by atoms with Crippen molar-refractivity contribution in [3.63, 3.8) is 0 Å². The highest BCUT2D eigenvalue weighted by Crippen LogP contribution is 2.23. The summed E-state index contributed by atoms with van der Waals surface area (Å²) in [5, 5.41) is 10.5. The molecule has 0 radical (unpaired) electrons. The SMILES string of the molecule is Cc1cccc(C(O)c2ccnc(Cl)c2)c1. The lowest BCUT2D eigenvalue weighted by atomic mass is 10.0. The quantitative estimate of drug-likeness (QED) is 0.809. The summed E-state index contributed by atoms with van der Waals surface area (Å²) in [4.78, 5) is 3.89. The Morgan fingerprint density at radius 2 is 1.94 bits per heavy atom. The number of halogens is 1. The van der Waals surface area contributed by atoms with Crippen LogP contribution in [0.2, 0.25) is 5.15 Å². The molecule has 0 saturated heterocycles. The molecule has 1 heterocycles. The van der Waals surface area contributed by atoms with Crippen LogP contribution in [-0.2, 0) is 0 Å². The minimum atomic E-state index is -0.652. The first-order valence-electron chi connectivity index (χ1n) is 5.03. The molecule has 2 aromatic rings. The van der Waals surface area contributed by atoms with Gasteiger partial charge in [-0.2, -0.15) is 0 Å². The Morgan fingerprint density at radius 1 is 1.19 bits per heavy atom. The normalized spacial score (nSPS) is 12.4. The first-order valence-corrected chi connectivity index (χ1v) is 5.41. The van der Waals surface area contributed by atoms with Crippen LogP contribution in [0.1, 0.15) is 22.8 Å². The van der Waals surface area contributed by atoms with E-state index in [9.17, 15) is 5.11 Å². The molecule has 1 aromatic heterocycles. The van der Waals surface area contributed by atoms with Crippen molar-refractivity contribution in [1.82, 2.24) is 4.98 Å². The van der Waals surface area contributed by atoms with Crippen molar-refractivity contribution < 1.29 is 5.11 Å². The number of rotatable bonds is 2. The van der Waals surface area contributed by atoms with Crippen molar-refractivity contribution in [1.29, 1.82) is 0 Å². The zero-order valence-corrected chi connectivity index (χ0v) is 9.65. The number of aliphatic hydroxyl groups excluding tert-OH is 1. The number of benzene rings is 1. The molecule has 82 valence electrons. The van der Waals surface area contributed by atoms with Gasteiger partial charge in [-0.3, -0.25) is 0 Å². The van der Waals surface area contributed by atoms with E-state index in [1.54, 1.807) is 18.3 Å². The molecule has 2 rings (SSSR count). The molecule has 3 heteroatoms. The van der Waals surface area contributed by atoms with Crippen LogP contribution in [0.3, 0.4) is 0 Å². The van der Waals surface area contributed by atoms with Gasteiger partial charge in [0.15, 0.2) is 0 Å². The summed E-state index contributed by atoms with van der Waals surface area (Å²) in [6.45, 7) is 2.00. The summed E-state index contributed by atoms with van der Waals surface area (Å²) in [7, 11) is 0. The summed E-state index contributed by atoms with van der Waals surface area (Å²) in [5.74, 6) is 0. The molecule has 0 aliphatic heterocycles. The molecule has 0 spiro atoms. The van der Waals surface area contributed by atoms with Crippen molar-refractivity contribution in [3.05, 3.63) is 64.4 Å². The van der Waals surface area contributed by atoms with Crippen LogP contribution in [0, 0.1) is 6.92 Å². The fourth-order valence-corrected chi connectivity index (χ4v) is 1.80. The zero-order chi connectivity index (χ0) is 11.5. The molecular weight excluding hydrogens is 222 g/mol. The number of hydrogen-bond donors (Lipinski definition) is 1. The van der Waals surface area contributed by atoms with E-state index in [0.717, 1.165) is 16.7 Å². The Labute approximate surface area is 99.5 Å². The fraction of sp³-hybridized carbons (Fsp3) is 0.154. The van der Waals surface area contributed by atoms with Crippen molar-refractivity contribution >= 4 is 11.6 Å². The monoisotopic (exact) mass is 233 g/mol. The number of aromatic nitrogens is 1. The predicted octanol–water partition coefficient (Wildman–Crippen LogP) is 3.13. The maximum Gasteiger partial charge on any atom is 0.129 e. The van der Waals surface area contributed by atoms with Gasteiger partial charge in [-0.05, 0) is 30.2 Å². The Morgan fingerprint density at radius 3 is 2.62 bits per heavy atom. The maximum absolute atomic E-state index is 10.2. The van der Waals surface area contributed by atoms with Gasteiger partial charge in [-0.25, -0.2) is 4.98 Å². The van der Waals surface area contributed by atoms with Crippen molar-refractivity contribution in [2.24, 2.45) is 0 Å². The highest BCUT2D eigenvalue weighted by Gasteiger charge is 2.10.